The van der Waals surface area contributed by atoms with Gasteiger partial charge in [0.05, 0.1) is 0 Å². The van der Waals surface area contributed by atoms with Crippen LogP contribution in [0.1, 0.15) is 18.4 Å². The standard InChI is InChI=1S/C18H21NO2.ClH/c1-19(13-7-12-18(20)21)14-16-10-5-6-11-17(16)15-8-3-2-4-9-15;/h2-6,8-11H,7,12-14H2,1H3,(H,20,21);1H. The van der Waals surface area contributed by atoms with Crippen LogP contribution >= 0.6 is 12.4 Å². The fourth-order valence-electron chi connectivity index (χ4n) is 2.43. The molecule has 0 bridgehead atoms. The summed E-state index contributed by atoms with van der Waals surface area (Å²) in [5.41, 5.74) is 3.72. The minimum absolute atomic E-state index is 0. The van der Waals surface area contributed by atoms with Gasteiger partial charge in [-0.2, -0.15) is 0 Å². The van der Waals surface area contributed by atoms with Gasteiger partial charge in [-0.05, 0) is 36.7 Å². The number of carboxylic acid groups (broad SMARTS) is 1. The number of rotatable bonds is 7. The Kier molecular flexibility index (Phi) is 7.64. The maximum Gasteiger partial charge on any atom is 0.303 e. The van der Waals surface area contributed by atoms with Gasteiger partial charge < -0.3 is 10.0 Å². The van der Waals surface area contributed by atoms with E-state index in [1.807, 2.05) is 31.3 Å². The Morgan fingerprint density at radius 3 is 2.36 bits per heavy atom. The number of aliphatic carboxylic acids is 1. The third-order valence-electron chi connectivity index (χ3n) is 3.47. The van der Waals surface area contributed by atoms with Gasteiger partial charge >= 0.3 is 5.97 Å². The second-order valence-electron chi connectivity index (χ2n) is 5.26. The SMILES string of the molecule is CN(CCCC(=O)O)Cc1ccccc1-c1ccccc1.Cl. The van der Waals surface area contributed by atoms with Crippen LogP contribution in [0.15, 0.2) is 54.6 Å². The summed E-state index contributed by atoms with van der Waals surface area (Å²) < 4.78 is 0. The average molecular weight is 320 g/mol. The molecule has 0 fully saturated rings. The van der Waals surface area contributed by atoms with Gasteiger partial charge in [-0.1, -0.05) is 54.6 Å². The summed E-state index contributed by atoms with van der Waals surface area (Å²) >= 11 is 0. The summed E-state index contributed by atoms with van der Waals surface area (Å²) in [4.78, 5) is 12.7. The highest BCUT2D eigenvalue weighted by Gasteiger charge is 2.07. The van der Waals surface area contributed by atoms with Crippen LogP contribution in [0.3, 0.4) is 0 Å². The monoisotopic (exact) mass is 319 g/mol. The molecule has 0 aliphatic rings. The zero-order chi connectivity index (χ0) is 15.1. The van der Waals surface area contributed by atoms with Gasteiger partial charge in [0.15, 0.2) is 0 Å². The molecule has 0 saturated heterocycles. The van der Waals surface area contributed by atoms with Gasteiger partial charge in [0.1, 0.15) is 0 Å². The molecule has 0 unspecified atom stereocenters. The zero-order valence-electron chi connectivity index (χ0n) is 12.7. The van der Waals surface area contributed by atoms with Crippen LogP contribution in [0.2, 0.25) is 0 Å². The van der Waals surface area contributed by atoms with Crippen LogP contribution in [0.4, 0.5) is 0 Å². The Morgan fingerprint density at radius 2 is 1.68 bits per heavy atom. The molecule has 22 heavy (non-hydrogen) atoms. The lowest BCUT2D eigenvalue weighted by Crippen LogP contribution is -2.20. The second-order valence-corrected chi connectivity index (χ2v) is 5.26. The van der Waals surface area contributed by atoms with Crippen LogP contribution in [0.25, 0.3) is 11.1 Å². The number of halogens is 1. The van der Waals surface area contributed by atoms with Gasteiger partial charge in [-0.3, -0.25) is 4.79 Å². The van der Waals surface area contributed by atoms with Crippen molar-refractivity contribution >= 4 is 18.4 Å². The van der Waals surface area contributed by atoms with E-state index in [4.69, 9.17) is 5.11 Å². The Morgan fingerprint density at radius 1 is 1.05 bits per heavy atom. The van der Waals surface area contributed by atoms with Gasteiger partial charge in [0, 0.05) is 13.0 Å². The van der Waals surface area contributed by atoms with E-state index in [1.54, 1.807) is 0 Å². The fourth-order valence-corrected chi connectivity index (χ4v) is 2.43. The molecule has 0 atom stereocenters. The average Bonchev–Trinajstić information content (AvgIpc) is 2.48. The molecule has 0 radical (unpaired) electrons. The molecule has 0 aliphatic heterocycles. The maximum absolute atomic E-state index is 10.6. The van der Waals surface area contributed by atoms with E-state index in [0.717, 1.165) is 13.1 Å². The Bertz CT molecular complexity index is 587. The second kappa shape index (κ2) is 9.23. The Balaban J connectivity index is 0.00000242. The highest BCUT2D eigenvalue weighted by atomic mass is 35.5. The van der Waals surface area contributed by atoms with Crippen molar-refractivity contribution < 1.29 is 9.90 Å². The van der Waals surface area contributed by atoms with E-state index in [2.05, 4.69) is 35.2 Å². The van der Waals surface area contributed by atoms with E-state index in [9.17, 15) is 4.79 Å². The third-order valence-corrected chi connectivity index (χ3v) is 3.47. The summed E-state index contributed by atoms with van der Waals surface area (Å²) in [6, 6.07) is 18.7. The molecule has 1 N–H and O–H groups in total. The molecule has 3 nitrogen and oxygen atoms in total. The molecule has 0 aromatic heterocycles. The molecule has 0 aliphatic carbocycles. The van der Waals surface area contributed by atoms with E-state index in [1.165, 1.54) is 16.7 Å². The van der Waals surface area contributed by atoms with E-state index in [-0.39, 0.29) is 18.8 Å². The topological polar surface area (TPSA) is 40.5 Å². The van der Waals surface area contributed by atoms with Crippen molar-refractivity contribution in [2.45, 2.75) is 19.4 Å². The largest absolute Gasteiger partial charge is 0.481 e. The van der Waals surface area contributed by atoms with Crippen molar-refractivity contribution in [2.24, 2.45) is 0 Å². The predicted octanol–water partition coefficient (Wildman–Crippen LogP) is 4.07. The normalized spacial score (nSPS) is 10.3. The molecule has 118 valence electrons. The summed E-state index contributed by atoms with van der Waals surface area (Å²) in [5.74, 6) is -0.729. The highest BCUT2D eigenvalue weighted by Crippen LogP contribution is 2.24. The number of hydrogen-bond acceptors (Lipinski definition) is 2. The molecule has 2 aromatic carbocycles. The summed E-state index contributed by atoms with van der Waals surface area (Å²) in [6.45, 7) is 1.61. The number of nitrogens with zero attached hydrogens (tertiary/aromatic N) is 1. The van der Waals surface area contributed by atoms with Crippen LogP contribution < -0.4 is 0 Å². The lowest BCUT2D eigenvalue weighted by Gasteiger charge is -2.18. The highest BCUT2D eigenvalue weighted by molar-refractivity contribution is 5.85. The molecule has 2 rings (SSSR count). The third kappa shape index (κ3) is 5.51. The molecular weight excluding hydrogens is 298 g/mol. The van der Waals surface area contributed by atoms with Crippen molar-refractivity contribution in [1.82, 2.24) is 4.90 Å². The van der Waals surface area contributed by atoms with Crippen molar-refractivity contribution in [3.63, 3.8) is 0 Å². The van der Waals surface area contributed by atoms with Crippen LogP contribution in [-0.4, -0.2) is 29.6 Å². The zero-order valence-corrected chi connectivity index (χ0v) is 13.6. The van der Waals surface area contributed by atoms with Crippen molar-refractivity contribution in [2.75, 3.05) is 13.6 Å². The fraction of sp³-hybridized carbons (Fsp3) is 0.278. The van der Waals surface area contributed by atoms with E-state index >= 15 is 0 Å². The summed E-state index contributed by atoms with van der Waals surface area (Å²) in [7, 11) is 2.03. The molecular formula is C18H22ClNO2. The maximum atomic E-state index is 10.6. The van der Waals surface area contributed by atoms with Crippen molar-refractivity contribution in [1.29, 1.82) is 0 Å². The first-order chi connectivity index (χ1) is 10.2. The lowest BCUT2D eigenvalue weighted by molar-refractivity contribution is -0.137. The molecule has 0 spiro atoms. The van der Waals surface area contributed by atoms with E-state index in [0.29, 0.717) is 6.42 Å². The quantitative estimate of drug-likeness (QED) is 0.836. The molecule has 0 amide bonds. The first kappa shape index (κ1) is 18.2. The van der Waals surface area contributed by atoms with Gasteiger partial charge in [-0.25, -0.2) is 0 Å². The van der Waals surface area contributed by atoms with Gasteiger partial charge in [0.2, 0.25) is 0 Å². The number of benzene rings is 2. The smallest absolute Gasteiger partial charge is 0.303 e. The summed E-state index contributed by atoms with van der Waals surface area (Å²) in [6.07, 6.45) is 0.907. The Hall–Kier alpha value is -1.84. The molecule has 2 aromatic rings. The Labute approximate surface area is 138 Å². The lowest BCUT2D eigenvalue weighted by atomic mass is 9.99. The molecule has 4 heteroatoms. The number of carbonyl (C=O) groups is 1. The minimum atomic E-state index is -0.729. The number of carboxylic acids is 1. The summed E-state index contributed by atoms with van der Waals surface area (Å²) in [5, 5.41) is 8.69. The van der Waals surface area contributed by atoms with Crippen LogP contribution in [0.5, 0.6) is 0 Å². The van der Waals surface area contributed by atoms with Crippen LogP contribution in [-0.2, 0) is 11.3 Å². The predicted molar refractivity (Wildman–Crippen MR) is 92.3 cm³/mol. The van der Waals surface area contributed by atoms with Crippen molar-refractivity contribution in [3.8, 4) is 11.1 Å². The van der Waals surface area contributed by atoms with Gasteiger partial charge in [0.25, 0.3) is 0 Å². The first-order valence-electron chi connectivity index (χ1n) is 7.20. The van der Waals surface area contributed by atoms with E-state index < -0.39 is 5.97 Å². The van der Waals surface area contributed by atoms with Crippen molar-refractivity contribution in [3.05, 3.63) is 60.2 Å². The van der Waals surface area contributed by atoms with Crippen LogP contribution in [0, 0.1) is 0 Å². The molecule has 0 heterocycles. The number of hydrogen-bond donors (Lipinski definition) is 1. The first-order valence-corrected chi connectivity index (χ1v) is 7.20. The minimum Gasteiger partial charge on any atom is -0.481 e. The van der Waals surface area contributed by atoms with Gasteiger partial charge in [-0.15, -0.1) is 12.4 Å². The molecule has 0 saturated carbocycles.